The Bertz CT molecular complexity index is 963. The monoisotopic (exact) mass is 336 g/mol. The van der Waals surface area contributed by atoms with Crippen molar-refractivity contribution in [3.63, 3.8) is 0 Å². The molecule has 1 unspecified atom stereocenters. The van der Waals surface area contributed by atoms with Crippen LogP contribution in [0, 0.1) is 0 Å². The van der Waals surface area contributed by atoms with Crippen molar-refractivity contribution in [2.24, 2.45) is 0 Å². The number of hydrogen-bond acceptors (Lipinski definition) is 5. The number of nitrogens with zero attached hydrogens (tertiary/aromatic N) is 2. The molecule has 0 saturated carbocycles. The summed E-state index contributed by atoms with van der Waals surface area (Å²) in [4.78, 5) is 30.9. The van der Waals surface area contributed by atoms with Crippen LogP contribution in [0.3, 0.4) is 0 Å². The zero-order valence-electron chi connectivity index (χ0n) is 13.6. The van der Waals surface area contributed by atoms with Crippen molar-refractivity contribution in [2.75, 3.05) is 11.4 Å². The number of benzene rings is 2. The van der Waals surface area contributed by atoms with Crippen molar-refractivity contribution in [1.29, 1.82) is 0 Å². The summed E-state index contributed by atoms with van der Waals surface area (Å²) in [6.07, 6.45) is 1.19. The smallest absolute Gasteiger partial charge is 0.341 e. The molecular formula is C19H16N2O4. The maximum Gasteiger partial charge on any atom is 0.341 e. The van der Waals surface area contributed by atoms with Gasteiger partial charge < -0.3 is 14.1 Å². The van der Waals surface area contributed by atoms with E-state index in [4.69, 9.17) is 9.15 Å². The summed E-state index contributed by atoms with van der Waals surface area (Å²) in [6, 6.07) is 12.8. The fourth-order valence-electron chi connectivity index (χ4n) is 3.11. The first kappa shape index (κ1) is 15.4. The Kier molecular flexibility index (Phi) is 3.72. The van der Waals surface area contributed by atoms with Gasteiger partial charge in [0.1, 0.15) is 5.52 Å². The van der Waals surface area contributed by atoms with Gasteiger partial charge in [-0.25, -0.2) is 9.78 Å². The Hall–Kier alpha value is -3.15. The Morgan fingerprint density at radius 2 is 2.04 bits per heavy atom. The molecule has 6 heteroatoms. The molecule has 0 radical (unpaired) electrons. The minimum Gasteiger partial charge on any atom is -0.449 e. The molecule has 0 saturated heterocycles. The van der Waals surface area contributed by atoms with Crippen molar-refractivity contribution >= 4 is 28.7 Å². The lowest BCUT2D eigenvalue weighted by Crippen LogP contribution is -2.39. The number of carbonyl (C=O) groups excluding carboxylic acids is 2. The number of esters is 1. The van der Waals surface area contributed by atoms with Crippen LogP contribution in [0.2, 0.25) is 0 Å². The van der Waals surface area contributed by atoms with Gasteiger partial charge in [-0.15, -0.1) is 0 Å². The van der Waals surface area contributed by atoms with Crippen LogP contribution < -0.4 is 4.90 Å². The van der Waals surface area contributed by atoms with Crippen LogP contribution in [-0.2, 0) is 16.0 Å². The summed E-state index contributed by atoms with van der Waals surface area (Å²) in [7, 11) is 0. The van der Waals surface area contributed by atoms with E-state index in [1.165, 1.54) is 6.39 Å². The Morgan fingerprint density at radius 1 is 1.20 bits per heavy atom. The number of anilines is 1. The number of amides is 1. The quantitative estimate of drug-likeness (QED) is 0.688. The van der Waals surface area contributed by atoms with Crippen LogP contribution in [0.5, 0.6) is 0 Å². The van der Waals surface area contributed by atoms with Gasteiger partial charge in [-0.2, -0.15) is 0 Å². The van der Waals surface area contributed by atoms with Gasteiger partial charge in [0.2, 0.25) is 0 Å². The van der Waals surface area contributed by atoms with E-state index in [1.807, 2.05) is 24.3 Å². The number of oxazole rings is 1. The second kappa shape index (κ2) is 6.05. The minimum absolute atomic E-state index is 0.231. The van der Waals surface area contributed by atoms with Gasteiger partial charge in [0, 0.05) is 12.2 Å². The summed E-state index contributed by atoms with van der Waals surface area (Å²) in [5.74, 6) is -0.821. The van der Waals surface area contributed by atoms with Crippen LogP contribution in [0.1, 0.15) is 22.8 Å². The number of ether oxygens (including phenoxy) is 1. The summed E-state index contributed by atoms with van der Waals surface area (Å²) in [5, 5.41) is 0. The molecule has 1 aromatic heterocycles. The summed E-state index contributed by atoms with van der Waals surface area (Å²) in [6.45, 7) is 2.18. The van der Waals surface area contributed by atoms with Crippen LogP contribution in [0.25, 0.3) is 11.1 Å². The zero-order valence-corrected chi connectivity index (χ0v) is 13.6. The molecule has 3 aromatic rings. The first-order chi connectivity index (χ1) is 12.1. The molecule has 1 amide bonds. The van der Waals surface area contributed by atoms with Crippen molar-refractivity contribution in [3.8, 4) is 0 Å². The summed E-state index contributed by atoms with van der Waals surface area (Å²) in [5.41, 5.74) is 3.23. The highest BCUT2D eigenvalue weighted by Crippen LogP contribution is 2.28. The third-order valence-corrected chi connectivity index (χ3v) is 4.37. The summed E-state index contributed by atoms with van der Waals surface area (Å²) >= 11 is 0. The highest BCUT2D eigenvalue weighted by atomic mass is 16.5. The molecule has 0 aliphatic carbocycles. The van der Waals surface area contributed by atoms with E-state index in [0.717, 1.165) is 17.7 Å². The molecule has 0 bridgehead atoms. The second-order valence-electron chi connectivity index (χ2n) is 5.92. The van der Waals surface area contributed by atoms with Crippen molar-refractivity contribution in [2.45, 2.75) is 19.4 Å². The molecule has 2 heterocycles. The predicted octanol–water partition coefficient (Wildman–Crippen LogP) is 2.96. The van der Waals surface area contributed by atoms with E-state index < -0.39 is 12.1 Å². The van der Waals surface area contributed by atoms with Crippen LogP contribution in [-0.4, -0.2) is 29.5 Å². The third kappa shape index (κ3) is 2.65. The molecule has 0 spiro atoms. The second-order valence-corrected chi connectivity index (χ2v) is 5.92. The summed E-state index contributed by atoms with van der Waals surface area (Å²) < 4.78 is 10.6. The van der Waals surface area contributed by atoms with E-state index in [-0.39, 0.29) is 11.5 Å². The lowest BCUT2D eigenvalue weighted by molar-refractivity contribution is -0.126. The fraction of sp³-hybridized carbons (Fsp3) is 0.211. The molecule has 0 N–H and O–H groups in total. The van der Waals surface area contributed by atoms with Crippen molar-refractivity contribution in [1.82, 2.24) is 4.98 Å². The predicted molar refractivity (Wildman–Crippen MR) is 91.4 cm³/mol. The van der Waals surface area contributed by atoms with E-state index in [9.17, 15) is 9.59 Å². The maximum absolute atomic E-state index is 12.7. The number of hydrogen-bond donors (Lipinski definition) is 0. The Balaban J connectivity index is 1.52. The third-order valence-electron chi connectivity index (χ3n) is 4.37. The largest absolute Gasteiger partial charge is 0.449 e. The van der Waals surface area contributed by atoms with Crippen LogP contribution in [0.15, 0.2) is 53.3 Å². The van der Waals surface area contributed by atoms with E-state index in [2.05, 4.69) is 4.98 Å². The average molecular weight is 336 g/mol. The van der Waals surface area contributed by atoms with E-state index >= 15 is 0 Å². The van der Waals surface area contributed by atoms with Gasteiger partial charge in [-0.3, -0.25) is 4.79 Å². The maximum atomic E-state index is 12.7. The first-order valence-corrected chi connectivity index (χ1v) is 8.07. The number of rotatable bonds is 3. The molecule has 1 aliphatic heterocycles. The first-order valence-electron chi connectivity index (χ1n) is 8.07. The zero-order chi connectivity index (χ0) is 17.4. The molecule has 126 valence electrons. The average Bonchev–Trinajstić information content (AvgIpc) is 3.27. The minimum atomic E-state index is -0.888. The molecule has 1 atom stereocenters. The molecule has 25 heavy (non-hydrogen) atoms. The standard InChI is InChI=1S/C19H16N2O4/c1-12(18(22)21-10-9-13-5-2-3-7-15(13)21)25-19(23)14-6-4-8-16-17(14)20-11-24-16/h2-8,11-12H,9-10H2,1H3. The van der Waals surface area contributed by atoms with Crippen molar-refractivity contribution < 1.29 is 18.7 Å². The van der Waals surface area contributed by atoms with Crippen LogP contribution in [0.4, 0.5) is 5.69 Å². The normalized spacial score (nSPS) is 14.4. The number of carbonyl (C=O) groups is 2. The molecule has 0 fully saturated rings. The Labute approximate surface area is 144 Å². The lowest BCUT2D eigenvalue weighted by atomic mass is 10.2. The topological polar surface area (TPSA) is 72.6 Å². The molecule has 6 nitrogen and oxygen atoms in total. The highest BCUT2D eigenvalue weighted by Gasteiger charge is 2.30. The van der Waals surface area contributed by atoms with Gasteiger partial charge >= 0.3 is 5.97 Å². The van der Waals surface area contributed by atoms with Gasteiger partial charge in [0.15, 0.2) is 18.1 Å². The molecule has 2 aromatic carbocycles. The highest BCUT2D eigenvalue weighted by molar-refractivity contribution is 6.04. The number of para-hydroxylation sites is 2. The molecule has 4 rings (SSSR count). The van der Waals surface area contributed by atoms with Gasteiger partial charge in [0.05, 0.1) is 5.56 Å². The van der Waals surface area contributed by atoms with Gasteiger partial charge in [-0.05, 0) is 37.1 Å². The number of fused-ring (bicyclic) bond motifs is 2. The van der Waals surface area contributed by atoms with E-state index in [1.54, 1.807) is 30.0 Å². The SMILES string of the molecule is CC(OC(=O)c1cccc2ocnc12)C(=O)N1CCc2ccccc21. The lowest BCUT2D eigenvalue weighted by Gasteiger charge is -2.21. The van der Waals surface area contributed by atoms with Crippen molar-refractivity contribution in [3.05, 3.63) is 60.0 Å². The van der Waals surface area contributed by atoms with Crippen LogP contribution >= 0.6 is 0 Å². The molecule has 1 aliphatic rings. The fourth-order valence-corrected chi connectivity index (χ4v) is 3.11. The number of aromatic nitrogens is 1. The Morgan fingerprint density at radius 3 is 2.92 bits per heavy atom. The van der Waals surface area contributed by atoms with E-state index in [0.29, 0.717) is 17.6 Å². The van der Waals surface area contributed by atoms with Gasteiger partial charge in [0.25, 0.3) is 5.91 Å². The van der Waals surface area contributed by atoms with Gasteiger partial charge in [-0.1, -0.05) is 24.3 Å². The molecular weight excluding hydrogens is 320 g/mol.